The Morgan fingerprint density at radius 2 is 2.21 bits per heavy atom. The number of fused-ring (bicyclic) bond motifs is 1. The molecular formula is C20H24BN5O3. The topological polar surface area (TPSA) is 112 Å². The van der Waals surface area contributed by atoms with Crippen LogP contribution < -0.4 is 16.1 Å². The summed E-state index contributed by atoms with van der Waals surface area (Å²) in [6, 6.07) is 7.91. The quantitative estimate of drug-likeness (QED) is 0.675. The van der Waals surface area contributed by atoms with Gasteiger partial charge in [0.05, 0.1) is 30.2 Å². The lowest BCUT2D eigenvalue weighted by Crippen LogP contribution is -2.38. The molecule has 0 unspecified atom stereocenters. The highest BCUT2D eigenvalue weighted by atomic mass is 16.5. The van der Waals surface area contributed by atoms with E-state index in [9.17, 15) is 10.3 Å². The average molecular weight is 393 g/mol. The van der Waals surface area contributed by atoms with Crippen LogP contribution in [0, 0.1) is 24.2 Å². The maximum Gasteiger partial charge on any atom is 0.492 e. The first-order valence-corrected chi connectivity index (χ1v) is 9.72. The lowest BCUT2D eigenvalue weighted by Gasteiger charge is -2.28. The van der Waals surface area contributed by atoms with Crippen molar-refractivity contribution in [3.05, 3.63) is 35.5 Å². The van der Waals surface area contributed by atoms with Crippen molar-refractivity contribution >= 4 is 30.0 Å². The first kappa shape index (κ1) is 19.6. The summed E-state index contributed by atoms with van der Waals surface area (Å²) in [6.45, 7) is 6.86. The summed E-state index contributed by atoms with van der Waals surface area (Å²) in [5.41, 5.74) is 2.83. The van der Waals surface area contributed by atoms with Gasteiger partial charge < -0.3 is 25.0 Å². The lowest BCUT2D eigenvalue weighted by molar-refractivity contribution is 0.0698. The first-order valence-electron chi connectivity index (χ1n) is 9.72. The molecule has 9 heteroatoms. The number of nitrogens with zero attached hydrogens (tertiary/aromatic N) is 3. The standard InChI is InChI=1S/C20H24BN5O3/c1-12-10-23-19(26-18(12)25-17-11-28-7-6-13(17)9-22)24-14-4-5-16-15(8-14)20(2,3)29-21(16)27/h4-5,8,10,13,17,27H,6-7,11H2,1-3H3,(H2,23,24,25,26)/t13-,17+/m1/s1. The van der Waals surface area contributed by atoms with Crippen LogP contribution in [0.4, 0.5) is 17.5 Å². The summed E-state index contributed by atoms with van der Waals surface area (Å²) in [6.07, 6.45) is 2.45. The summed E-state index contributed by atoms with van der Waals surface area (Å²) in [5, 5.41) is 26.0. The molecule has 0 aliphatic carbocycles. The van der Waals surface area contributed by atoms with Crippen LogP contribution in [0.5, 0.6) is 0 Å². The van der Waals surface area contributed by atoms with Crippen molar-refractivity contribution in [1.29, 1.82) is 5.26 Å². The van der Waals surface area contributed by atoms with Gasteiger partial charge in [-0.25, -0.2) is 4.98 Å². The molecule has 8 nitrogen and oxygen atoms in total. The zero-order valence-corrected chi connectivity index (χ0v) is 16.8. The molecular weight excluding hydrogens is 369 g/mol. The smallest absolute Gasteiger partial charge is 0.423 e. The minimum atomic E-state index is -0.911. The molecule has 2 aliphatic rings. The first-order chi connectivity index (χ1) is 13.9. The highest BCUT2D eigenvalue weighted by molar-refractivity contribution is 6.62. The monoisotopic (exact) mass is 393 g/mol. The van der Waals surface area contributed by atoms with Crippen molar-refractivity contribution in [3.8, 4) is 6.07 Å². The molecule has 0 bridgehead atoms. The number of rotatable bonds is 4. The summed E-state index contributed by atoms with van der Waals surface area (Å²) in [5.74, 6) is 1.01. The Balaban J connectivity index is 1.55. The molecule has 0 amide bonds. The predicted octanol–water partition coefficient (Wildman–Crippen LogP) is 1.82. The number of aryl methyl sites for hydroxylation is 1. The second-order valence-electron chi connectivity index (χ2n) is 7.98. The molecule has 1 fully saturated rings. The molecule has 0 spiro atoms. The Kier molecular flexibility index (Phi) is 5.17. The Labute approximate surface area is 170 Å². The number of hydrogen-bond donors (Lipinski definition) is 3. The van der Waals surface area contributed by atoms with Crippen molar-refractivity contribution in [2.24, 2.45) is 5.92 Å². The minimum Gasteiger partial charge on any atom is -0.423 e. The van der Waals surface area contributed by atoms with E-state index >= 15 is 0 Å². The molecule has 0 radical (unpaired) electrons. The second kappa shape index (κ2) is 7.63. The largest absolute Gasteiger partial charge is 0.492 e. The maximum atomic E-state index is 10.1. The van der Waals surface area contributed by atoms with Crippen LogP contribution in [-0.2, 0) is 15.0 Å². The Morgan fingerprint density at radius 3 is 3.00 bits per heavy atom. The van der Waals surface area contributed by atoms with Crippen LogP contribution in [-0.4, -0.2) is 41.4 Å². The van der Waals surface area contributed by atoms with Gasteiger partial charge >= 0.3 is 7.12 Å². The van der Waals surface area contributed by atoms with Gasteiger partial charge in [0.15, 0.2) is 0 Å². The maximum absolute atomic E-state index is 10.1. The van der Waals surface area contributed by atoms with Crippen molar-refractivity contribution in [1.82, 2.24) is 9.97 Å². The second-order valence-corrected chi connectivity index (χ2v) is 7.98. The minimum absolute atomic E-state index is 0.102. The van der Waals surface area contributed by atoms with E-state index in [2.05, 4.69) is 26.7 Å². The number of nitriles is 1. The van der Waals surface area contributed by atoms with Crippen LogP contribution in [0.25, 0.3) is 0 Å². The van der Waals surface area contributed by atoms with Crippen LogP contribution >= 0.6 is 0 Å². The van der Waals surface area contributed by atoms with E-state index in [0.29, 0.717) is 31.4 Å². The van der Waals surface area contributed by atoms with Crippen LogP contribution in [0.1, 0.15) is 31.4 Å². The van der Waals surface area contributed by atoms with Crippen LogP contribution in [0.2, 0.25) is 0 Å². The lowest BCUT2D eigenvalue weighted by atomic mass is 9.78. The molecule has 3 heterocycles. The van der Waals surface area contributed by atoms with E-state index in [1.807, 2.05) is 39.0 Å². The molecule has 4 rings (SSSR count). The fourth-order valence-electron chi connectivity index (χ4n) is 3.76. The van der Waals surface area contributed by atoms with Gasteiger partial charge in [0.2, 0.25) is 5.95 Å². The molecule has 29 heavy (non-hydrogen) atoms. The number of ether oxygens (including phenoxy) is 1. The SMILES string of the molecule is Cc1cnc(Nc2ccc3c(c2)C(C)(C)OB3O)nc1N[C@H]1COCC[C@@H]1C#N. The van der Waals surface area contributed by atoms with Gasteiger partial charge in [-0.2, -0.15) is 10.2 Å². The fraction of sp³-hybridized carbons (Fsp3) is 0.450. The molecule has 1 saturated heterocycles. The Bertz CT molecular complexity index is 962. The molecule has 0 saturated carbocycles. The van der Waals surface area contributed by atoms with E-state index in [1.54, 1.807) is 6.20 Å². The van der Waals surface area contributed by atoms with Crippen molar-refractivity contribution in [2.75, 3.05) is 23.8 Å². The van der Waals surface area contributed by atoms with E-state index in [4.69, 9.17) is 9.39 Å². The number of benzene rings is 1. The zero-order chi connectivity index (χ0) is 20.6. The van der Waals surface area contributed by atoms with Crippen LogP contribution in [0.3, 0.4) is 0 Å². The van der Waals surface area contributed by atoms with Gasteiger partial charge in [-0.3, -0.25) is 0 Å². The highest BCUT2D eigenvalue weighted by Crippen LogP contribution is 2.32. The highest BCUT2D eigenvalue weighted by Gasteiger charge is 2.40. The number of hydrogen-bond acceptors (Lipinski definition) is 8. The number of nitrogens with one attached hydrogen (secondary N) is 2. The van der Waals surface area contributed by atoms with Gasteiger partial charge in [0, 0.05) is 24.1 Å². The number of anilines is 3. The van der Waals surface area contributed by atoms with Crippen molar-refractivity contribution in [2.45, 2.75) is 38.8 Å². The van der Waals surface area contributed by atoms with Gasteiger partial charge in [0.1, 0.15) is 5.82 Å². The summed E-state index contributed by atoms with van der Waals surface area (Å²) in [4.78, 5) is 8.97. The summed E-state index contributed by atoms with van der Waals surface area (Å²) < 4.78 is 11.1. The average Bonchev–Trinajstić information content (AvgIpc) is 2.93. The Hall–Kier alpha value is -2.67. The van der Waals surface area contributed by atoms with Crippen LogP contribution in [0.15, 0.2) is 24.4 Å². The third-order valence-corrected chi connectivity index (χ3v) is 5.45. The fourth-order valence-corrected chi connectivity index (χ4v) is 3.76. The van der Waals surface area contributed by atoms with E-state index in [-0.39, 0.29) is 12.0 Å². The number of aromatic nitrogens is 2. The zero-order valence-electron chi connectivity index (χ0n) is 16.8. The molecule has 2 aromatic rings. The van der Waals surface area contributed by atoms with Gasteiger partial charge in [-0.1, -0.05) is 6.07 Å². The summed E-state index contributed by atoms with van der Waals surface area (Å²) in [7, 11) is -0.911. The Morgan fingerprint density at radius 1 is 1.38 bits per heavy atom. The molecule has 1 aromatic heterocycles. The molecule has 150 valence electrons. The van der Waals surface area contributed by atoms with Gasteiger partial charge in [0.25, 0.3) is 0 Å². The van der Waals surface area contributed by atoms with E-state index in [0.717, 1.165) is 22.3 Å². The van der Waals surface area contributed by atoms with Gasteiger partial charge in [-0.05, 0) is 50.4 Å². The van der Waals surface area contributed by atoms with Crippen molar-refractivity contribution in [3.63, 3.8) is 0 Å². The third-order valence-electron chi connectivity index (χ3n) is 5.45. The summed E-state index contributed by atoms with van der Waals surface area (Å²) >= 11 is 0. The molecule has 3 N–H and O–H groups in total. The predicted molar refractivity (Wildman–Crippen MR) is 110 cm³/mol. The molecule has 2 aliphatic heterocycles. The molecule has 1 aromatic carbocycles. The van der Waals surface area contributed by atoms with E-state index < -0.39 is 12.7 Å². The molecule has 2 atom stereocenters. The normalized spacial score (nSPS) is 22.7. The van der Waals surface area contributed by atoms with Crippen molar-refractivity contribution < 1.29 is 14.4 Å². The van der Waals surface area contributed by atoms with Gasteiger partial charge in [-0.15, -0.1) is 0 Å². The third kappa shape index (κ3) is 3.92. The van der Waals surface area contributed by atoms with E-state index in [1.165, 1.54) is 0 Å².